The number of halogens is 2. The molecule has 0 unspecified atom stereocenters. The largest absolute Gasteiger partial charge is 0.493 e. The molecule has 186 valence electrons. The molecule has 3 aromatic carbocycles. The summed E-state index contributed by atoms with van der Waals surface area (Å²) in [5.74, 6) is -1.37. The number of ether oxygens (including phenoxy) is 2. The lowest BCUT2D eigenvalue weighted by Crippen LogP contribution is -2.46. The van der Waals surface area contributed by atoms with Gasteiger partial charge >= 0.3 is 6.03 Å². The Morgan fingerprint density at radius 1 is 0.889 bits per heavy atom. The van der Waals surface area contributed by atoms with Crippen molar-refractivity contribution in [3.8, 4) is 11.5 Å². The fraction of sp³-hybridized carbons (Fsp3) is 0.192. The molecule has 0 atom stereocenters. The van der Waals surface area contributed by atoms with Crippen molar-refractivity contribution in [2.24, 2.45) is 0 Å². The summed E-state index contributed by atoms with van der Waals surface area (Å²) in [6.45, 7) is -0.438. The second kappa shape index (κ2) is 10.0. The molecule has 36 heavy (non-hydrogen) atoms. The molecule has 0 radical (unpaired) electrons. The number of rotatable bonds is 8. The van der Waals surface area contributed by atoms with Gasteiger partial charge in [0.15, 0.2) is 17.0 Å². The molecule has 1 heterocycles. The standard InChI is InChI=1S/C26H23F2N3O5/c1-35-21-12-3-16(13-22(21)36-2)14-29-23(32)15-31-24(33)26(30-25(31)34,17-4-8-19(27)9-5-17)18-6-10-20(28)11-7-18/h3-13H,14-15H2,1-2H3,(H,29,32)(H,30,34). The molecule has 4 rings (SSSR count). The molecule has 3 aromatic rings. The van der Waals surface area contributed by atoms with Gasteiger partial charge in [0.2, 0.25) is 5.91 Å². The Morgan fingerprint density at radius 2 is 1.44 bits per heavy atom. The van der Waals surface area contributed by atoms with Crippen molar-refractivity contribution >= 4 is 17.8 Å². The first-order valence-corrected chi connectivity index (χ1v) is 10.9. The Labute approximate surface area is 205 Å². The average Bonchev–Trinajstić information content (AvgIpc) is 3.13. The average molecular weight is 495 g/mol. The number of amides is 4. The number of nitrogens with one attached hydrogen (secondary N) is 2. The van der Waals surface area contributed by atoms with E-state index in [1.807, 2.05) is 0 Å². The molecule has 1 fully saturated rings. The van der Waals surface area contributed by atoms with Crippen molar-refractivity contribution in [2.45, 2.75) is 12.1 Å². The SMILES string of the molecule is COc1ccc(CNC(=O)CN2C(=O)NC(c3ccc(F)cc3)(c3ccc(F)cc3)C2=O)cc1OC. The van der Waals surface area contributed by atoms with Crippen LogP contribution < -0.4 is 20.1 Å². The van der Waals surface area contributed by atoms with E-state index in [4.69, 9.17) is 9.47 Å². The topological polar surface area (TPSA) is 97.0 Å². The van der Waals surface area contributed by atoms with Crippen LogP contribution in [-0.2, 0) is 21.7 Å². The number of urea groups is 1. The highest BCUT2D eigenvalue weighted by Gasteiger charge is 2.54. The Hall–Kier alpha value is -4.47. The Balaban J connectivity index is 1.56. The zero-order chi connectivity index (χ0) is 25.9. The molecule has 0 bridgehead atoms. The number of carbonyl (C=O) groups is 3. The van der Waals surface area contributed by atoms with Gasteiger partial charge in [-0.3, -0.25) is 14.5 Å². The third-order valence-electron chi connectivity index (χ3n) is 5.90. The lowest BCUT2D eigenvalue weighted by atomic mass is 9.82. The molecule has 1 aliphatic heterocycles. The van der Waals surface area contributed by atoms with Crippen molar-refractivity contribution < 1.29 is 32.6 Å². The summed E-state index contributed by atoms with van der Waals surface area (Å²) in [4.78, 5) is 39.9. The molecule has 0 spiro atoms. The van der Waals surface area contributed by atoms with Crippen LogP contribution in [0, 0.1) is 11.6 Å². The summed E-state index contributed by atoms with van der Waals surface area (Å²) in [6, 6.07) is 14.4. The molecule has 0 aliphatic carbocycles. The summed E-state index contributed by atoms with van der Waals surface area (Å²) in [7, 11) is 3.00. The van der Waals surface area contributed by atoms with Crippen molar-refractivity contribution in [1.29, 1.82) is 0 Å². The molecular formula is C26H23F2N3O5. The van der Waals surface area contributed by atoms with E-state index in [0.717, 1.165) is 29.2 Å². The lowest BCUT2D eigenvalue weighted by Gasteiger charge is -2.28. The summed E-state index contributed by atoms with van der Waals surface area (Å²) in [5, 5.41) is 5.30. The summed E-state index contributed by atoms with van der Waals surface area (Å²) >= 11 is 0. The second-order valence-corrected chi connectivity index (χ2v) is 8.05. The number of benzene rings is 3. The van der Waals surface area contributed by atoms with E-state index in [2.05, 4.69) is 10.6 Å². The van der Waals surface area contributed by atoms with E-state index in [9.17, 15) is 23.2 Å². The van der Waals surface area contributed by atoms with Crippen LogP contribution in [-0.4, -0.2) is 43.5 Å². The van der Waals surface area contributed by atoms with Gasteiger partial charge in [-0.05, 0) is 53.1 Å². The second-order valence-electron chi connectivity index (χ2n) is 8.05. The van der Waals surface area contributed by atoms with Crippen LogP contribution in [0.25, 0.3) is 0 Å². The molecule has 2 N–H and O–H groups in total. The molecule has 1 aliphatic rings. The zero-order valence-electron chi connectivity index (χ0n) is 19.5. The minimum Gasteiger partial charge on any atom is -0.493 e. The highest BCUT2D eigenvalue weighted by atomic mass is 19.1. The van der Waals surface area contributed by atoms with Gasteiger partial charge in [-0.25, -0.2) is 13.6 Å². The predicted molar refractivity (Wildman–Crippen MR) is 125 cm³/mol. The van der Waals surface area contributed by atoms with Crippen molar-refractivity contribution in [3.63, 3.8) is 0 Å². The minimum absolute atomic E-state index is 0.115. The summed E-state index contributed by atoms with van der Waals surface area (Å²) < 4.78 is 37.6. The van der Waals surface area contributed by atoms with Crippen molar-refractivity contribution in [2.75, 3.05) is 20.8 Å². The van der Waals surface area contributed by atoms with Gasteiger partial charge in [-0.2, -0.15) is 0 Å². The predicted octanol–water partition coefficient (Wildman–Crippen LogP) is 3.09. The number of hydrogen-bond acceptors (Lipinski definition) is 5. The highest BCUT2D eigenvalue weighted by molar-refractivity contribution is 6.11. The quantitative estimate of drug-likeness (QED) is 0.468. The normalized spacial score (nSPS) is 14.4. The number of imide groups is 1. The van der Waals surface area contributed by atoms with Crippen LogP contribution in [0.3, 0.4) is 0 Å². The van der Waals surface area contributed by atoms with E-state index in [1.165, 1.54) is 38.5 Å². The smallest absolute Gasteiger partial charge is 0.326 e. The molecular weight excluding hydrogens is 472 g/mol. The van der Waals surface area contributed by atoms with E-state index in [0.29, 0.717) is 17.1 Å². The van der Waals surface area contributed by atoms with Gasteiger partial charge in [-0.15, -0.1) is 0 Å². The number of carbonyl (C=O) groups excluding carboxylic acids is 3. The first kappa shape index (κ1) is 24.6. The van der Waals surface area contributed by atoms with E-state index in [-0.39, 0.29) is 17.7 Å². The first-order chi connectivity index (χ1) is 17.3. The number of hydrogen-bond donors (Lipinski definition) is 2. The van der Waals surface area contributed by atoms with Gasteiger partial charge in [-0.1, -0.05) is 30.3 Å². The summed E-state index contributed by atoms with van der Waals surface area (Å²) in [5.41, 5.74) is -0.503. The van der Waals surface area contributed by atoms with Crippen LogP contribution in [0.2, 0.25) is 0 Å². The molecule has 0 saturated carbocycles. The van der Waals surface area contributed by atoms with E-state index >= 15 is 0 Å². The molecule has 0 aromatic heterocycles. The third kappa shape index (κ3) is 4.57. The molecule has 10 heteroatoms. The van der Waals surface area contributed by atoms with Crippen LogP contribution in [0.1, 0.15) is 16.7 Å². The van der Waals surface area contributed by atoms with Gasteiger partial charge < -0.3 is 20.1 Å². The number of nitrogens with zero attached hydrogens (tertiary/aromatic N) is 1. The number of methoxy groups -OCH3 is 2. The van der Waals surface area contributed by atoms with Crippen LogP contribution in [0.4, 0.5) is 13.6 Å². The molecule has 4 amide bonds. The zero-order valence-corrected chi connectivity index (χ0v) is 19.5. The van der Waals surface area contributed by atoms with Gasteiger partial charge in [0.25, 0.3) is 5.91 Å². The Morgan fingerprint density at radius 3 is 1.97 bits per heavy atom. The Bertz CT molecular complexity index is 1250. The maximum absolute atomic E-state index is 13.6. The fourth-order valence-electron chi connectivity index (χ4n) is 4.07. The minimum atomic E-state index is -1.75. The first-order valence-electron chi connectivity index (χ1n) is 10.9. The van der Waals surface area contributed by atoms with E-state index < -0.39 is 41.6 Å². The van der Waals surface area contributed by atoms with E-state index in [1.54, 1.807) is 18.2 Å². The van der Waals surface area contributed by atoms with Gasteiger partial charge in [0.05, 0.1) is 14.2 Å². The van der Waals surface area contributed by atoms with Crippen LogP contribution in [0.15, 0.2) is 66.7 Å². The monoisotopic (exact) mass is 495 g/mol. The van der Waals surface area contributed by atoms with Crippen molar-refractivity contribution in [3.05, 3.63) is 95.1 Å². The molecule has 1 saturated heterocycles. The molecule has 8 nitrogen and oxygen atoms in total. The summed E-state index contributed by atoms with van der Waals surface area (Å²) in [6.07, 6.45) is 0. The van der Waals surface area contributed by atoms with Crippen molar-refractivity contribution in [1.82, 2.24) is 15.5 Å². The van der Waals surface area contributed by atoms with Gasteiger partial charge in [0.1, 0.15) is 18.2 Å². The van der Waals surface area contributed by atoms with Crippen LogP contribution in [0.5, 0.6) is 11.5 Å². The Kier molecular flexibility index (Phi) is 6.86. The van der Waals surface area contributed by atoms with Crippen LogP contribution >= 0.6 is 0 Å². The fourth-order valence-corrected chi connectivity index (χ4v) is 4.07. The van der Waals surface area contributed by atoms with Gasteiger partial charge in [0, 0.05) is 6.54 Å². The third-order valence-corrected chi connectivity index (χ3v) is 5.90. The lowest BCUT2D eigenvalue weighted by molar-refractivity contribution is -0.134. The maximum atomic E-state index is 13.6. The highest BCUT2D eigenvalue weighted by Crippen LogP contribution is 2.36. The maximum Gasteiger partial charge on any atom is 0.326 e.